The Bertz CT molecular complexity index is 959. The summed E-state index contributed by atoms with van der Waals surface area (Å²) in [6.45, 7) is 6.29. The van der Waals surface area contributed by atoms with Crippen LogP contribution in [-0.4, -0.2) is 40.3 Å². The molecule has 162 valence electrons. The van der Waals surface area contributed by atoms with Gasteiger partial charge in [-0.15, -0.1) is 0 Å². The molecule has 5 nitrogen and oxygen atoms in total. The lowest BCUT2D eigenvalue weighted by Crippen LogP contribution is -2.48. The molecule has 1 atom stereocenters. The highest BCUT2D eigenvalue weighted by Gasteiger charge is 2.25. The smallest absolute Gasteiger partial charge is 0.253 e. The molecule has 6 heteroatoms. The number of fused-ring (bicyclic) bond motifs is 1. The van der Waals surface area contributed by atoms with Gasteiger partial charge in [0.15, 0.2) is 5.11 Å². The topological polar surface area (TPSA) is 57.4 Å². The van der Waals surface area contributed by atoms with Gasteiger partial charge in [-0.05, 0) is 75.0 Å². The minimum atomic E-state index is -0.0183. The van der Waals surface area contributed by atoms with E-state index in [2.05, 4.69) is 41.2 Å². The summed E-state index contributed by atoms with van der Waals surface area (Å²) < 4.78 is 5.74. The maximum Gasteiger partial charge on any atom is 0.253 e. The van der Waals surface area contributed by atoms with Gasteiger partial charge in [-0.3, -0.25) is 4.79 Å². The summed E-state index contributed by atoms with van der Waals surface area (Å²) in [7, 11) is 0. The number of H-pyrrole nitrogens is 1. The van der Waals surface area contributed by atoms with Gasteiger partial charge in [0.1, 0.15) is 0 Å². The Hall–Kier alpha value is -1.92. The SMILES string of the molecule is Cc1cc(C)c2cc(CN(C(=S)NCC3CCCO3)C3CCCCC3)c(=O)[nH]c2c1. The van der Waals surface area contributed by atoms with Crippen LogP contribution in [0.4, 0.5) is 0 Å². The van der Waals surface area contributed by atoms with Crippen LogP contribution in [0, 0.1) is 13.8 Å². The zero-order valence-electron chi connectivity index (χ0n) is 18.1. The highest BCUT2D eigenvalue weighted by Crippen LogP contribution is 2.25. The average molecular weight is 428 g/mol. The van der Waals surface area contributed by atoms with E-state index < -0.39 is 0 Å². The van der Waals surface area contributed by atoms with Gasteiger partial charge in [0.05, 0.1) is 12.6 Å². The van der Waals surface area contributed by atoms with E-state index in [0.29, 0.717) is 12.6 Å². The van der Waals surface area contributed by atoms with Crippen molar-refractivity contribution in [3.8, 4) is 0 Å². The molecule has 1 aromatic heterocycles. The van der Waals surface area contributed by atoms with Gasteiger partial charge < -0.3 is 19.9 Å². The fraction of sp³-hybridized carbons (Fsp3) is 0.583. The molecule has 0 bridgehead atoms. The molecule has 1 saturated carbocycles. The summed E-state index contributed by atoms with van der Waals surface area (Å²) in [4.78, 5) is 18.2. The average Bonchev–Trinajstić information content (AvgIpc) is 3.25. The Morgan fingerprint density at radius 1 is 1.17 bits per heavy atom. The predicted molar refractivity (Wildman–Crippen MR) is 126 cm³/mol. The molecule has 2 heterocycles. The van der Waals surface area contributed by atoms with Gasteiger partial charge in [-0.1, -0.05) is 25.3 Å². The fourth-order valence-corrected chi connectivity index (χ4v) is 5.18. The largest absolute Gasteiger partial charge is 0.376 e. The molecule has 2 aliphatic rings. The Morgan fingerprint density at radius 3 is 2.70 bits per heavy atom. The number of pyridine rings is 1. The van der Waals surface area contributed by atoms with Crippen LogP contribution < -0.4 is 10.9 Å². The maximum atomic E-state index is 12.9. The predicted octanol–water partition coefficient (Wildman–Crippen LogP) is 4.33. The second-order valence-corrected chi connectivity index (χ2v) is 9.29. The molecule has 1 saturated heterocycles. The Kier molecular flexibility index (Phi) is 6.74. The third-order valence-electron chi connectivity index (χ3n) is 6.51. The van der Waals surface area contributed by atoms with Crippen LogP contribution >= 0.6 is 12.2 Å². The summed E-state index contributed by atoms with van der Waals surface area (Å²) in [6.07, 6.45) is 8.45. The van der Waals surface area contributed by atoms with Crippen molar-refractivity contribution in [3.05, 3.63) is 45.2 Å². The number of aryl methyl sites for hydroxylation is 2. The van der Waals surface area contributed by atoms with Crippen LogP contribution in [-0.2, 0) is 11.3 Å². The van der Waals surface area contributed by atoms with Gasteiger partial charge in [0.2, 0.25) is 0 Å². The van der Waals surface area contributed by atoms with Crippen LogP contribution in [0.3, 0.4) is 0 Å². The van der Waals surface area contributed by atoms with Crippen molar-refractivity contribution in [2.45, 2.75) is 77.5 Å². The molecule has 1 aliphatic heterocycles. The van der Waals surface area contributed by atoms with Crippen LogP contribution in [0.2, 0.25) is 0 Å². The molecule has 2 aromatic rings. The van der Waals surface area contributed by atoms with Crippen molar-refractivity contribution < 1.29 is 4.74 Å². The summed E-state index contributed by atoms with van der Waals surface area (Å²) in [5, 5.41) is 5.29. The lowest BCUT2D eigenvalue weighted by molar-refractivity contribution is 0.112. The first-order valence-corrected chi connectivity index (χ1v) is 11.7. The Balaban J connectivity index is 1.58. The molecule has 1 aliphatic carbocycles. The first-order valence-electron chi connectivity index (χ1n) is 11.3. The zero-order chi connectivity index (χ0) is 21.1. The fourth-order valence-electron chi connectivity index (χ4n) is 4.88. The molecule has 2 fully saturated rings. The van der Waals surface area contributed by atoms with Gasteiger partial charge >= 0.3 is 0 Å². The summed E-state index contributed by atoms with van der Waals surface area (Å²) in [5.41, 5.74) is 4.01. The van der Waals surface area contributed by atoms with Crippen molar-refractivity contribution in [2.75, 3.05) is 13.2 Å². The molecule has 4 rings (SSSR count). The maximum absolute atomic E-state index is 12.9. The number of aromatic nitrogens is 1. The number of nitrogens with zero attached hydrogens (tertiary/aromatic N) is 1. The number of hydrogen-bond donors (Lipinski definition) is 2. The number of thiocarbonyl (C=S) groups is 1. The second-order valence-electron chi connectivity index (χ2n) is 8.91. The third kappa shape index (κ3) is 4.86. The van der Waals surface area contributed by atoms with Crippen LogP contribution in [0.5, 0.6) is 0 Å². The van der Waals surface area contributed by atoms with E-state index in [-0.39, 0.29) is 11.7 Å². The standard InChI is InChI=1S/C24H33N3O2S/c1-16-11-17(2)21-13-18(23(28)26-22(21)12-16)15-27(19-7-4-3-5-8-19)24(30)25-14-20-9-6-10-29-20/h11-13,19-20H,3-10,14-15H2,1-2H3,(H,25,30)(H,26,28). The van der Waals surface area contributed by atoms with Gasteiger partial charge in [-0.25, -0.2) is 0 Å². The Labute approximate surface area is 184 Å². The normalized spacial score (nSPS) is 19.9. The van der Waals surface area contributed by atoms with Gasteiger partial charge in [0.25, 0.3) is 5.56 Å². The summed E-state index contributed by atoms with van der Waals surface area (Å²) >= 11 is 5.82. The zero-order valence-corrected chi connectivity index (χ0v) is 18.9. The number of benzene rings is 1. The third-order valence-corrected chi connectivity index (χ3v) is 6.89. The molecular weight excluding hydrogens is 394 g/mol. The van der Waals surface area contributed by atoms with Crippen LogP contribution in [0.1, 0.15) is 61.6 Å². The number of rotatable bonds is 5. The van der Waals surface area contributed by atoms with E-state index in [0.717, 1.165) is 66.0 Å². The molecule has 0 radical (unpaired) electrons. The molecule has 0 amide bonds. The van der Waals surface area contributed by atoms with Crippen molar-refractivity contribution in [3.63, 3.8) is 0 Å². The summed E-state index contributed by atoms with van der Waals surface area (Å²) in [5.74, 6) is 0. The quantitative estimate of drug-likeness (QED) is 0.696. The van der Waals surface area contributed by atoms with Crippen molar-refractivity contribution in [1.29, 1.82) is 0 Å². The van der Waals surface area contributed by atoms with Crippen LogP contribution in [0.25, 0.3) is 10.9 Å². The lowest BCUT2D eigenvalue weighted by Gasteiger charge is -2.36. The number of hydrogen-bond acceptors (Lipinski definition) is 3. The van der Waals surface area contributed by atoms with Crippen molar-refractivity contribution in [2.24, 2.45) is 0 Å². The number of ether oxygens (including phenoxy) is 1. The molecule has 2 N–H and O–H groups in total. The molecule has 1 unspecified atom stereocenters. The van der Waals surface area contributed by atoms with E-state index in [1.165, 1.54) is 24.8 Å². The monoisotopic (exact) mass is 427 g/mol. The van der Waals surface area contributed by atoms with Gasteiger partial charge in [-0.2, -0.15) is 0 Å². The van der Waals surface area contributed by atoms with Crippen LogP contribution in [0.15, 0.2) is 23.0 Å². The van der Waals surface area contributed by atoms with Crippen molar-refractivity contribution >= 4 is 28.2 Å². The first kappa shape index (κ1) is 21.3. The van der Waals surface area contributed by atoms with E-state index in [1.807, 2.05) is 6.07 Å². The minimum absolute atomic E-state index is 0.0183. The van der Waals surface area contributed by atoms with E-state index in [4.69, 9.17) is 17.0 Å². The van der Waals surface area contributed by atoms with E-state index in [9.17, 15) is 4.79 Å². The van der Waals surface area contributed by atoms with E-state index >= 15 is 0 Å². The second kappa shape index (κ2) is 9.48. The lowest BCUT2D eigenvalue weighted by atomic mass is 9.94. The van der Waals surface area contributed by atoms with Gasteiger partial charge in [0, 0.05) is 35.7 Å². The van der Waals surface area contributed by atoms with E-state index in [1.54, 1.807) is 0 Å². The Morgan fingerprint density at radius 2 is 1.97 bits per heavy atom. The van der Waals surface area contributed by atoms with Crippen molar-refractivity contribution in [1.82, 2.24) is 15.2 Å². The summed E-state index contributed by atoms with van der Waals surface area (Å²) in [6, 6.07) is 6.65. The number of aromatic amines is 1. The number of nitrogens with one attached hydrogen (secondary N) is 2. The molecule has 30 heavy (non-hydrogen) atoms. The molecular formula is C24H33N3O2S. The molecule has 0 spiro atoms. The highest BCUT2D eigenvalue weighted by molar-refractivity contribution is 7.80. The first-order chi connectivity index (χ1) is 14.5. The molecule has 1 aromatic carbocycles. The highest BCUT2D eigenvalue weighted by atomic mass is 32.1. The minimum Gasteiger partial charge on any atom is -0.376 e.